The average molecular weight is 494 g/mol. The molecule has 3 aromatic carbocycles. The van der Waals surface area contributed by atoms with E-state index >= 15 is 0 Å². The van der Waals surface area contributed by atoms with Gasteiger partial charge in [-0.15, -0.1) is 5.10 Å². The summed E-state index contributed by atoms with van der Waals surface area (Å²) in [7, 11) is 0. The van der Waals surface area contributed by atoms with E-state index in [0.29, 0.717) is 26.1 Å². The Balaban J connectivity index is 1.29. The van der Waals surface area contributed by atoms with E-state index in [1.807, 2.05) is 76.4 Å². The molecule has 0 atom stereocenters. The van der Waals surface area contributed by atoms with Gasteiger partial charge < -0.3 is 10.2 Å². The van der Waals surface area contributed by atoms with Gasteiger partial charge in [0.1, 0.15) is 11.5 Å². The first-order valence-corrected chi connectivity index (χ1v) is 12.1. The van der Waals surface area contributed by atoms with Crippen molar-refractivity contribution >= 4 is 11.7 Å². The Morgan fingerprint density at radius 1 is 0.946 bits per heavy atom. The van der Waals surface area contributed by atoms with Crippen molar-refractivity contribution in [1.82, 2.24) is 29.7 Å². The Morgan fingerprint density at radius 2 is 1.68 bits per heavy atom. The molecule has 0 fully saturated rings. The molecule has 0 spiro atoms. The van der Waals surface area contributed by atoms with E-state index in [0.717, 1.165) is 39.6 Å². The van der Waals surface area contributed by atoms with Crippen LogP contribution in [-0.2, 0) is 19.5 Å². The summed E-state index contributed by atoms with van der Waals surface area (Å²) in [6, 6.07) is 25.4. The number of amides is 2. The van der Waals surface area contributed by atoms with Gasteiger partial charge >= 0.3 is 6.03 Å². The first-order chi connectivity index (χ1) is 18.1. The first-order valence-electron chi connectivity index (χ1n) is 12.1. The molecular weight excluding hydrogens is 469 g/mol. The number of para-hydroxylation sites is 1. The largest absolute Gasteiger partial charge is 0.322 e. The van der Waals surface area contributed by atoms with Gasteiger partial charge in [-0.2, -0.15) is 5.10 Å². The minimum atomic E-state index is -0.299. The molecule has 0 saturated carbocycles. The highest BCUT2D eigenvalue weighted by Gasteiger charge is 2.28. The van der Waals surface area contributed by atoms with Crippen LogP contribution in [0.25, 0.3) is 16.9 Å². The normalized spacial score (nSPS) is 12.8. The van der Waals surface area contributed by atoms with Crippen LogP contribution in [0.3, 0.4) is 0 Å². The number of rotatable bonds is 5. The summed E-state index contributed by atoms with van der Waals surface area (Å²) in [5, 5.41) is 16.5. The maximum Gasteiger partial charge on any atom is 0.322 e. The molecule has 5 aromatic rings. The molecule has 37 heavy (non-hydrogen) atoms. The minimum absolute atomic E-state index is 0.133. The molecule has 0 bridgehead atoms. The fourth-order valence-electron chi connectivity index (χ4n) is 4.59. The van der Waals surface area contributed by atoms with Gasteiger partial charge in [0.05, 0.1) is 30.7 Å². The van der Waals surface area contributed by atoms with Crippen molar-refractivity contribution in [2.75, 3.05) is 11.9 Å². The van der Waals surface area contributed by atoms with E-state index in [-0.39, 0.29) is 11.8 Å². The van der Waals surface area contributed by atoms with E-state index in [9.17, 15) is 9.18 Å². The molecule has 9 heteroatoms. The molecule has 0 aliphatic carbocycles. The second-order valence-electron chi connectivity index (χ2n) is 8.90. The summed E-state index contributed by atoms with van der Waals surface area (Å²) in [6.45, 7) is 1.47. The van der Waals surface area contributed by atoms with Crippen LogP contribution in [0.5, 0.6) is 0 Å². The summed E-state index contributed by atoms with van der Waals surface area (Å²) in [6.07, 6.45) is 2.50. The lowest BCUT2D eigenvalue weighted by molar-refractivity contribution is 0.206. The van der Waals surface area contributed by atoms with Crippen LogP contribution in [0, 0.1) is 5.82 Å². The van der Waals surface area contributed by atoms with Crippen LogP contribution < -0.4 is 5.32 Å². The lowest BCUT2D eigenvalue weighted by atomic mass is 10.0. The van der Waals surface area contributed by atoms with Crippen LogP contribution >= 0.6 is 0 Å². The fourth-order valence-corrected chi connectivity index (χ4v) is 4.59. The highest BCUT2D eigenvalue weighted by Crippen LogP contribution is 2.31. The summed E-state index contributed by atoms with van der Waals surface area (Å²) >= 11 is 0. The van der Waals surface area contributed by atoms with Crippen molar-refractivity contribution in [1.29, 1.82) is 0 Å². The quantitative estimate of drug-likeness (QED) is 0.377. The number of carbonyl (C=O) groups is 1. The van der Waals surface area contributed by atoms with Gasteiger partial charge in [0.2, 0.25) is 0 Å². The number of aromatic nitrogens is 5. The lowest BCUT2D eigenvalue weighted by Gasteiger charge is -2.28. The van der Waals surface area contributed by atoms with Gasteiger partial charge in [-0.05, 0) is 36.4 Å². The number of carbonyl (C=O) groups excluding carboxylic acids is 1. The van der Waals surface area contributed by atoms with Crippen LogP contribution in [0.1, 0.15) is 17.0 Å². The van der Waals surface area contributed by atoms with Crippen molar-refractivity contribution in [2.45, 2.75) is 19.5 Å². The minimum Gasteiger partial charge on any atom is -0.320 e. The molecule has 184 valence electrons. The summed E-state index contributed by atoms with van der Waals surface area (Å²) < 4.78 is 16.9. The van der Waals surface area contributed by atoms with Crippen molar-refractivity contribution in [2.24, 2.45) is 0 Å². The van der Waals surface area contributed by atoms with Gasteiger partial charge in [-0.25, -0.2) is 13.9 Å². The molecule has 8 nitrogen and oxygen atoms in total. The molecule has 6 rings (SSSR count). The molecule has 0 saturated heterocycles. The molecule has 0 radical (unpaired) electrons. The zero-order chi connectivity index (χ0) is 25.2. The molecular formula is C28H24FN7O. The summed E-state index contributed by atoms with van der Waals surface area (Å²) in [5.74, 6) is -0.299. The Bertz CT molecular complexity index is 1530. The predicted octanol–water partition coefficient (Wildman–Crippen LogP) is 4.91. The average Bonchev–Trinajstić information content (AvgIpc) is 3.55. The number of nitrogens with one attached hydrogen (secondary N) is 1. The van der Waals surface area contributed by atoms with Gasteiger partial charge in [0, 0.05) is 35.5 Å². The number of hydrogen-bond donors (Lipinski definition) is 1. The molecule has 2 amide bonds. The summed E-state index contributed by atoms with van der Waals surface area (Å²) in [4.78, 5) is 14.8. The first kappa shape index (κ1) is 22.7. The monoisotopic (exact) mass is 493 g/mol. The highest BCUT2D eigenvalue weighted by atomic mass is 19.1. The molecule has 1 aliphatic rings. The van der Waals surface area contributed by atoms with Crippen molar-refractivity contribution in [3.63, 3.8) is 0 Å². The Labute approximate surface area is 213 Å². The topological polar surface area (TPSA) is 80.9 Å². The maximum atomic E-state index is 13.3. The van der Waals surface area contributed by atoms with Crippen molar-refractivity contribution in [3.05, 3.63) is 114 Å². The SMILES string of the molecule is O=C(Nc1ccccc1)N1CCc2c(c(-c3ccccc3)nn2Cc2cn(-c3ccc(F)cc3)nn2)C1. The van der Waals surface area contributed by atoms with Crippen LogP contribution in [0.15, 0.2) is 91.1 Å². The van der Waals surface area contributed by atoms with Crippen LogP contribution in [0.2, 0.25) is 0 Å². The molecule has 0 unspecified atom stereocenters. The van der Waals surface area contributed by atoms with Gasteiger partial charge in [0.25, 0.3) is 0 Å². The van der Waals surface area contributed by atoms with E-state index in [4.69, 9.17) is 5.10 Å². The third-order valence-corrected chi connectivity index (χ3v) is 6.44. The van der Waals surface area contributed by atoms with Crippen molar-refractivity contribution in [3.8, 4) is 16.9 Å². The van der Waals surface area contributed by atoms with Gasteiger partial charge in [-0.1, -0.05) is 53.7 Å². The van der Waals surface area contributed by atoms with Gasteiger partial charge in [-0.3, -0.25) is 4.68 Å². The zero-order valence-corrected chi connectivity index (χ0v) is 20.0. The van der Waals surface area contributed by atoms with Gasteiger partial charge in [0.15, 0.2) is 0 Å². The molecule has 3 heterocycles. The van der Waals surface area contributed by atoms with Crippen molar-refractivity contribution < 1.29 is 9.18 Å². The molecule has 2 aromatic heterocycles. The zero-order valence-electron chi connectivity index (χ0n) is 20.0. The summed E-state index contributed by atoms with van der Waals surface area (Å²) in [5.41, 5.74) is 6.20. The molecule has 1 aliphatic heterocycles. The smallest absolute Gasteiger partial charge is 0.320 e. The van der Waals surface area contributed by atoms with E-state index < -0.39 is 0 Å². The van der Waals surface area contributed by atoms with Crippen LogP contribution in [-0.4, -0.2) is 42.3 Å². The third-order valence-electron chi connectivity index (χ3n) is 6.44. The highest BCUT2D eigenvalue weighted by molar-refractivity contribution is 5.89. The second kappa shape index (κ2) is 9.69. The van der Waals surface area contributed by atoms with E-state index in [2.05, 4.69) is 15.6 Å². The second-order valence-corrected chi connectivity index (χ2v) is 8.90. The number of fused-ring (bicyclic) bond motifs is 1. The maximum absolute atomic E-state index is 13.3. The van der Waals surface area contributed by atoms with E-state index in [1.165, 1.54) is 12.1 Å². The predicted molar refractivity (Wildman–Crippen MR) is 138 cm³/mol. The Kier molecular flexibility index (Phi) is 5.94. The molecule has 1 N–H and O–H groups in total. The number of hydrogen-bond acceptors (Lipinski definition) is 4. The Hall–Kier alpha value is -4.79. The number of anilines is 1. The number of halogens is 1. The fraction of sp³-hybridized carbons (Fsp3) is 0.143. The third kappa shape index (κ3) is 4.71. The van der Waals surface area contributed by atoms with Crippen LogP contribution in [0.4, 0.5) is 14.9 Å². The number of nitrogens with zero attached hydrogens (tertiary/aromatic N) is 6. The lowest BCUT2D eigenvalue weighted by Crippen LogP contribution is -2.39. The Morgan fingerprint density at radius 3 is 2.43 bits per heavy atom. The van der Waals surface area contributed by atoms with E-state index in [1.54, 1.807) is 16.8 Å². The number of urea groups is 1. The standard InChI is InChI=1S/C28H24FN7O/c29-21-11-13-24(14-12-21)35-17-23(31-33-35)18-36-26-15-16-34(28(37)30-22-9-5-2-6-10-22)19-25(26)27(32-36)20-7-3-1-4-8-20/h1-14,17H,15-16,18-19H2,(H,30,37). The number of benzene rings is 3.